The van der Waals surface area contributed by atoms with Crippen molar-refractivity contribution in [3.05, 3.63) is 71.4 Å². The number of benzene rings is 1. The molecule has 1 N–H and O–H groups in total. The molecule has 0 saturated heterocycles. The van der Waals surface area contributed by atoms with Crippen LogP contribution < -0.4 is 5.32 Å². The molecule has 3 aromatic rings. The molecule has 0 unspecified atom stereocenters. The third-order valence-corrected chi connectivity index (χ3v) is 3.61. The van der Waals surface area contributed by atoms with E-state index in [1.807, 2.05) is 18.2 Å². The van der Waals surface area contributed by atoms with Gasteiger partial charge in [0.05, 0.1) is 16.8 Å². The number of fused-ring (bicyclic) bond motifs is 1. The van der Waals surface area contributed by atoms with Gasteiger partial charge in [-0.2, -0.15) is 0 Å². The van der Waals surface area contributed by atoms with Crippen LogP contribution in [0.4, 0.5) is 4.39 Å². The topological polar surface area (TPSA) is 54.9 Å². The van der Waals surface area contributed by atoms with Crippen molar-refractivity contribution in [3.8, 4) is 0 Å². The van der Waals surface area contributed by atoms with Crippen LogP contribution in [0.1, 0.15) is 21.7 Å². The molecule has 5 heteroatoms. The molecular formula is C18H16FN3O. The number of amides is 1. The fraction of sp³-hybridized carbons (Fsp3) is 0.167. The van der Waals surface area contributed by atoms with Crippen LogP contribution in [0.3, 0.4) is 0 Å². The van der Waals surface area contributed by atoms with E-state index in [-0.39, 0.29) is 11.7 Å². The van der Waals surface area contributed by atoms with Gasteiger partial charge >= 0.3 is 0 Å². The third kappa shape index (κ3) is 3.51. The van der Waals surface area contributed by atoms with E-state index >= 15 is 0 Å². The van der Waals surface area contributed by atoms with E-state index in [4.69, 9.17) is 0 Å². The second kappa shape index (κ2) is 6.52. The van der Waals surface area contributed by atoms with E-state index in [0.29, 0.717) is 29.7 Å². The van der Waals surface area contributed by atoms with Gasteiger partial charge in [0.2, 0.25) is 0 Å². The summed E-state index contributed by atoms with van der Waals surface area (Å²) in [5.74, 6) is -0.519. The largest absolute Gasteiger partial charge is 0.352 e. The first kappa shape index (κ1) is 15.1. The molecular weight excluding hydrogens is 293 g/mol. The highest BCUT2D eigenvalue weighted by Crippen LogP contribution is 2.17. The maximum atomic E-state index is 13.2. The zero-order chi connectivity index (χ0) is 16.2. The molecule has 0 saturated carbocycles. The smallest absolute Gasteiger partial charge is 0.253 e. The number of pyridine rings is 2. The minimum Gasteiger partial charge on any atom is -0.352 e. The molecule has 0 aliphatic heterocycles. The minimum atomic E-state index is -0.336. The molecule has 116 valence electrons. The summed E-state index contributed by atoms with van der Waals surface area (Å²) in [5.41, 5.74) is 2.56. The number of halogens is 1. The summed E-state index contributed by atoms with van der Waals surface area (Å²) in [6, 6.07) is 11.8. The number of aromatic nitrogens is 2. The third-order valence-electron chi connectivity index (χ3n) is 3.61. The Kier molecular flexibility index (Phi) is 4.28. The van der Waals surface area contributed by atoms with E-state index in [9.17, 15) is 9.18 Å². The number of hydrogen-bond donors (Lipinski definition) is 1. The Hall–Kier alpha value is -2.82. The van der Waals surface area contributed by atoms with Crippen LogP contribution >= 0.6 is 0 Å². The fourth-order valence-electron chi connectivity index (χ4n) is 2.41. The molecule has 2 heterocycles. The summed E-state index contributed by atoms with van der Waals surface area (Å²) in [4.78, 5) is 20.8. The molecule has 2 aromatic heterocycles. The van der Waals surface area contributed by atoms with Crippen LogP contribution in [0.2, 0.25) is 0 Å². The van der Waals surface area contributed by atoms with Gasteiger partial charge in [-0.1, -0.05) is 6.07 Å². The Balaban J connectivity index is 1.73. The monoisotopic (exact) mass is 309 g/mol. The van der Waals surface area contributed by atoms with Crippen molar-refractivity contribution in [2.45, 2.75) is 13.3 Å². The zero-order valence-corrected chi connectivity index (χ0v) is 12.7. The molecule has 4 nitrogen and oxygen atoms in total. The second-order valence-corrected chi connectivity index (χ2v) is 5.29. The summed E-state index contributed by atoms with van der Waals surface area (Å²) in [6.07, 6.45) is 2.39. The zero-order valence-electron chi connectivity index (χ0n) is 12.7. The van der Waals surface area contributed by atoms with Crippen molar-refractivity contribution in [3.63, 3.8) is 0 Å². The number of carbonyl (C=O) groups is 1. The van der Waals surface area contributed by atoms with Gasteiger partial charge in [0.15, 0.2) is 0 Å². The van der Waals surface area contributed by atoms with Crippen molar-refractivity contribution in [1.29, 1.82) is 0 Å². The number of nitrogens with zero attached hydrogens (tertiary/aromatic N) is 2. The normalized spacial score (nSPS) is 10.7. The van der Waals surface area contributed by atoms with Crippen molar-refractivity contribution < 1.29 is 9.18 Å². The van der Waals surface area contributed by atoms with Crippen LogP contribution in [-0.4, -0.2) is 22.4 Å². The Morgan fingerprint density at radius 3 is 2.87 bits per heavy atom. The lowest BCUT2D eigenvalue weighted by Gasteiger charge is -2.09. The van der Waals surface area contributed by atoms with E-state index in [2.05, 4.69) is 15.3 Å². The van der Waals surface area contributed by atoms with Gasteiger partial charge in [0.25, 0.3) is 5.91 Å². The summed E-state index contributed by atoms with van der Waals surface area (Å²) in [5, 5.41) is 3.61. The van der Waals surface area contributed by atoms with Crippen LogP contribution in [0.5, 0.6) is 0 Å². The molecule has 0 fully saturated rings. The first-order valence-corrected chi connectivity index (χ1v) is 7.38. The van der Waals surface area contributed by atoms with Gasteiger partial charge in [-0.05, 0) is 37.3 Å². The lowest BCUT2D eigenvalue weighted by molar-refractivity contribution is 0.0953. The van der Waals surface area contributed by atoms with E-state index in [1.165, 1.54) is 12.1 Å². The summed E-state index contributed by atoms with van der Waals surface area (Å²) in [6.45, 7) is 2.24. The first-order valence-electron chi connectivity index (χ1n) is 7.38. The minimum absolute atomic E-state index is 0.183. The molecule has 3 rings (SSSR count). The van der Waals surface area contributed by atoms with Gasteiger partial charge in [-0.15, -0.1) is 0 Å². The second-order valence-electron chi connectivity index (χ2n) is 5.29. The van der Waals surface area contributed by atoms with Gasteiger partial charge < -0.3 is 5.32 Å². The predicted molar refractivity (Wildman–Crippen MR) is 86.7 cm³/mol. The molecule has 1 amide bonds. The number of rotatable bonds is 4. The number of carbonyl (C=O) groups excluding carboxylic acids is 1. The van der Waals surface area contributed by atoms with Crippen LogP contribution in [-0.2, 0) is 6.42 Å². The fourth-order valence-corrected chi connectivity index (χ4v) is 2.41. The van der Waals surface area contributed by atoms with Crippen LogP contribution in [0.25, 0.3) is 10.9 Å². The summed E-state index contributed by atoms with van der Waals surface area (Å²) in [7, 11) is 0. The van der Waals surface area contributed by atoms with Gasteiger partial charge in [-0.3, -0.25) is 14.8 Å². The Morgan fingerprint density at radius 1 is 1.22 bits per heavy atom. The maximum absolute atomic E-state index is 13.2. The highest BCUT2D eigenvalue weighted by atomic mass is 19.1. The Labute approximate surface area is 133 Å². The van der Waals surface area contributed by atoms with E-state index < -0.39 is 0 Å². The van der Waals surface area contributed by atoms with Crippen molar-refractivity contribution in [2.24, 2.45) is 0 Å². The predicted octanol–water partition coefficient (Wildman–Crippen LogP) is 3.05. The van der Waals surface area contributed by atoms with Crippen LogP contribution in [0.15, 0.2) is 48.7 Å². The highest BCUT2D eigenvalue weighted by Gasteiger charge is 2.11. The van der Waals surface area contributed by atoms with E-state index in [0.717, 1.165) is 11.1 Å². The molecule has 0 aliphatic carbocycles. The SMILES string of the molecule is Cc1nc2cc(F)ccc2cc1C(=O)NCCc1ccccn1. The Morgan fingerprint density at radius 2 is 2.09 bits per heavy atom. The number of aryl methyl sites for hydroxylation is 1. The molecule has 1 aromatic carbocycles. The van der Waals surface area contributed by atoms with Crippen molar-refractivity contribution in [2.75, 3.05) is 6.54 Å². The Bertz CT molecular complexity index is 850. The summed E-state index contributed by atoms with van der Waals surface area (Å²) < 4.78 is 13.2. The quantitative estimate of drug-likeness (QED) is 0.806. The molecule has 0 spiro atoms. The summed E-state index contributed by atoms with van der Waals surface area (Å²) >= 11 is 0. The van der Waals surface area contributed by atoms with E-state index in [1.54, 1.807) is 25.3 Å². The lowest BCUT2D eigenvalue weighted by atomic mass is 10.1. The molecule has 0 radical (unpaired) electrons. The average Bonchev–Trinajstić information content (AvgIpc) is 2.55. The van der Waals surface area contributed by atoms with Crippen molar-refractivity contribution >= 4 is 16.8 Å². The first-order chi connectivity index (χ1) is 11.1. The number of hydrogen-bond acceptors (Lipinski definition) is 3. The van der Waals surface area contributed by atoms with Gasteiger partial charge in [-0.25, -0.2) is 4.39 Å². The number of nitrogens with one attached hydrogen (secondary N) is 1. The maximum Gasteiger partial charge on any atom is 0.253 e. The van der Waals surface area contributed by atoms with Gasteiger partial charge in [0.1, 0.15) is 5.82 Å². The van der Waals surface area contributed by atoms with Crippen LogP contribution in [0, 0.1) is 12.7 Å². The molecule has 0 aliphatic rings. The lowest BCUT2D eigenvalue weighted by Crippen LogP contribution is -2.26. The highest BCUT2D eigenvalue weighted by molar-refractivity contribution is 5.98. The molecule has 0 bridgehead atoms. The molecule has 0 atom stereocenters. The van der Waals surface area contributed by atoms with Crippen molar-refractivity contribution in [1.82, 2.24) is 15.3 Å². The van der Waals surface area contributed by atoms with Gasteiger partial charge in [0, 0.05) is 36.3 Å². The molecule has 23 heavy (non-hydrogen) atoms. The standard InChI is InChI=1S/C18H16FN3O/c1-12-16(10-13-5-6-14(19)11-17(13)22-12)18(23)21-9-7-15-4-2-3-8-20-15/h2-6,8,10-11H,7,9H2,1H3,(H,21,23). The average molecular weight is 309 g/mol.